The Labute approximate surface area is 137 Å². The molecule has 0 saturated carbocycles. The van der Waals surface area contributed by atoms with E-state index in [0.717, 1.165) is 27.5 Å². The minimum Gasteiger partial charge on any atom is -0.346 e. The zero-order valence-electron chi connectivity index (χ0n) is 13.6. The van der Waals surface area contributed by atoms with Gasteiger partial charge in [-0.1, -0.05) is 29.8 Å². The second-order valence-corrected chi connectivity index (χ2v) is 6.27. The first kappa shape index (κ1) is 16.8. The molecule has 1 aromatic carbocycles. The van der Waals surface area contributed by atoms with Gasteiger partial charge in [0.05, 0.1) is 6.54 Å². The number of carbonyl (C=O) groups excluding carboxylic acids is 1. The van der Waals surface area contributed by atoms with E-state index in [1.54, 1.807) is 0 Å². The smallest absolute Gasteiger partial charge is 0.178 e. The molecule has 22 heavy (non-hydrogen) atoms. The SMILES string of the molecule is Cc1cc(C(=O)CNCc2ccccc2Cl)c(C)n1C(C)C. The number of benzene rings is 1. The van der Waals surface area contributed by atoms with Crippen LogP contribution in [0, 0.1) is 13.8 Å². The fourth-order valence-corrected chi connectivity index (χ4v) is 3.10. The monoisotopic (exact) mass is 318 g/mol. The Morgan fingerprint density at radius 3 is 2.55 bits per heavy atom. The topological polar surface area (TPSA) is 34.0 Å². The number of halogens is 1. The van der Waals surface area contributed by atoms with E-state index >= 15 is 0 Å². The summed E-state index contributed by atoms with van der Waals surface area (Å²) in [7, 11) is 0. The number of carbonyl (C=O) groups is 1. The molecular weight excluding hydrogens is 296 g/mol. The molecule has 3 nitrogen and oxygen atoms in total. The lowest BCUT2D eigenvalue weighted by Gasteiger charge is -2.13. The molecule has 0 saturated heterocycles. The zero-order valence-corrected chi connectivity index (χ0v) is 14.4. The summed E-state index contributed by atoms with van der Waals surface area (Å²) in [6.07, 6.45) is 0. The molecular formula is C18H23ClN2O. The highest BCUT2D eigenvalue weighted by atomic mass is 35.5. The number of hydrogen-bond acceptors (Lipinski definition) is 2. The second kappa shape index (κ2) is 7.12. The number of aryl methyl sites for hydroxylation is 1. The Hall–Kier alpha value is -1.58. The van der Waals surface area contributed by atoms with E-state index < -0.39 is 0 Å². The summed E-state index contributed by atoms with van der Waals surface area (Å²) in [4.78, 5) is 12.4. The number of ketones is 1. The lowest BCUT2D eigenvalue weighted by molar-refractivity contribution is 0.0990. The summed E-state index contributed by atoms with van der Waals surface area (Å²) in [6.45, 7) is 9.21. The summed E-state index contributed by atoms with van der Waals surface area (Å²) < 4.78 is 2.20. The highest BCUT2D eigenvalue weighted by molar-refractivity contribution is 6.31. The van der Waals surface area contributed by atoms with Crippen LogP contribution in [0.15, 0.2) is 30.3 Å². The van der Waals surface area contributed by atoms with E-state index in [1.807, 2.05) is 44.2 Å². The lowest BCUT2D eigenvalue weighted by Crippen LogP contribution is -2.23. The van der Waals surface area contributed by atoms with Crippen molar-refractivity contribution in [1.29, 1.82) is 0 Å². The largest absolute Gasteiger partial charge is 0.346 e. The summed E-state index contributed by atoms with van der Waals surface area (Å²) in [5.41, 5.74) is 3.97. The molecule has 2 aromatic rings. The van der Waals surface area contributed by atoms with Gasteiger partial charge in [0.25, 0.3) is 0 Å². The molecule has 0 spiro atoms. The van der Waals surface area contributed by atoms with E-state index in [2.05, 4.69) is 23.7 Å². The van der Waals surface area contributed by atoms with Crippen LogP contribution in [-0.4, -0.2) is 16.9 Å². The Kier molecular flexibility index (Phi) is 5.43. The lowest BCUT2D eigenvalue weighted by atomic mass is 10.1. The summed E-state index contributed by atoms with van der Waals surface area (Å²) >= 11 is 6.11. The predicted octanol–water partition coefficient (Wildman–Crippen LogP) is 4.31. The molecule has 1 heterocycles. The van der Waals surface area contributed by atoms with Crippen LogP contribution in [0.4, 0.5) is 0 Å². The number of nitrogens with one attached hydrogen (secondary N) is 1. The molecule has 0 aliphatic heterocycles. The Bertz CT molecular complexity index is 674. The van der Waals surface area contributed by atoms with Crippen molar-refractivity contribution in [2.75, 3.05) is 6.54 Å². The van der Waals surface area contributed by atoms with Crippen molar-refractivity contribution in [2.24, 2.45) is 0 Å². The summed E-state index contributed by atoms with van der Waals surface area (Å²) in [5.74, 6) is 0.118. The Balaban J connectivity index is 2.02. The van der Waals surface area contributed by atoms with Crippen molar-refractivity contribution in [3.05, 3.63) is 57.9 Å². The van der Waals surface area contributed by atoms with Crippen LogP contribution in [-0.2, 0) is 6.54 Å². The van der Waals surface area contributed by atoms with Crippen LogP contribution in [0.3, 0.4) is 0 Å². The first-order chi connectivity index (χ1) is 10.4. The molecule has 0 fully saturated rings. The van der Waals surface area contributed by atoms with Crippen LogP contribution >= 0.6 is 11.6 Å². The van der Waals surface area contributed by atoms with Gasteiger partial charge in [0.2, 0.25) is 0 Å². The normalized spacial score (nSPS) is 11.2. The van der Waals surface area contributed by atoms with Gasteiger partial charge in [-0.3, -0.25) is 4.79 Å². The van der Waals surface area contributed by atoms with Crippen LogP contribution in [0.2, 0.25) is 5.02 Å². The van der Waals surface area contributed by atoms with Crippen molar-refractivity contribution in [3.63, 3.8) is 0 Å². The molecule has 118 valence electrons. The molecule has 0 radical (unpaired) electrons. The predicted molar refractivity (Wildman–Crippen MR) is 91.8 cm³/mol. The van der Waals surface area contributed by atoms with Crippen molar-refractivity contribution in [2.45, 2.75) is 40.3 Å². The third-order valence-corrected chi connectivity index (χ3v) is 4.23. The molecule has 0 aliphatic rings. The van der Waals surface area contributed by atoms with Gasteiger partial charge >= 0.3 is 0 Å². The van der Waals surface area contributed by atoms with Gasteiger partial charge in [0.15, 0.2) is 5.78 Å². The third kappa shape index (κ3) is 3.60. The maximum atomic E-state index is 12.4. The molecule has 2 rings (SSSR count). The van der Waals surface area contributed by atoms with E-state index in [9.17, 15) is 4.79 Å². The highest BCUT2D eigenvalue weighted by Crippen LogP contribution is 2.20. The van der Waals surface area contributed by atoms with Crippen LogP contribution in [0.25, 0.3) is 0 Å². The third-order valence-electron chi connectivity index (χ3n) is 3.86. The minimum atomic E-state index is 0.118. The van der Waals surface area contributed by atoms with E-state index in [0.29, 0.717) is 19.1 Å². The van der Waals surface area contributed by atoms with Crippen LogP contribution < -0.4 is 5.32 Å². The highest BCUT2D eigenvalue weighted by Gasteiger charge is 2.16. The van der Waals surface area contributed by atoms with E-state index in [4.69, 9.17) is 11.6 Å². The quantitative estimate of drug-likeness (QED) is 0.805. The molecule has 1 aromatic heterocycles. The van der Waals surface area contributed by atoms with Gasteiger partial charge in [0, 0.05) is 34.6 Å². The van der Waals surface area contributed by atoms with Crippen molar-refractivity contribution in [3.8, 4) is 0 Å². The first-order valence-corrected chi connectivity index (χ1v) is 7.95. The van der Waals surface area contributed by atoms with Gasteiger partial charge in [-0.25, -0.2) is 0 Å². The second-order valence-electron chi connectivity index (χ2n) is 5.87. The van der Waals surface area contributed by atoms with Crippen LogP contribution in [0.1, 0.15) is 47.2 Å². The average Bonchev–Trinajstić information content (AvgIpc) is 2.76. The fraction of sp³-hybridized carbons (Fsp3) is 0.389. The van der Waals surface area contributed by atoms with Crippen molar-refractivity contribution < 1.29 is 4.79 Å². The van der Waals surface area contributed by atoms with Crippen LogP contribution in [0.5, 0.6) is 0 Å². The van der Waals surface area contributed by atoms with Gasteiger partial charge in [-0.15, -0.1) is 0 Å². The Morgan fingerprint density at radius 1 is 1.27 bits per heavy atom. The summed E-state index contributed by atoms with van der Waals surface area (Å²) in [5, 5.41) is 3.91. The van der Waals surface area contributed by atoms with Gasteiger partial charge in [-0.05, 0) is 45.4 Å². The maximum Gasteiger partial charge on any atom is 0.178 e. The molecule has 0 amide bonds. The minimum absolute atomic E-state index is 0.118. The molecule has 0 bridgehead atoms. The standard InChI is InChI=1S/C18H23ClN2O/c1-12(2)21-13(3)9-16(14(21)4)18(22)11-20-10-15-7-5-6-8-17(15)19/h5-9,12,20H,10-11H2,1-4H3. The van der Waals surface area contributed by atoms with Gasteiger partial charge < -0.3 is 9.88 Å². The number of aromatic nitrogens is 1. The number of hydrogen-bond donors (Lipinski definition) is 1. The maximum absolute atomic E-state index is 12.4. The zero-order chi connectivity index (χ0) is 16.3. The summed E-state index contributed by atoms with van der Waals surface area (Å²) in [6, 6.07) is 10.0. The number of rotatable bonds is 6. The average molecular weight is 319 g/mol. The first-order valence-electron chi connectivity index (χ1n) is 7.57. The molecule has 0 unspecified atom stereocenters. The Morgan fingerprint density at radius 2 is 1.95 bits per heavy atom. The molecule has 1 N–H and O–H groups in total. The van der Waals surface area contributed by atoms with Gasteiger partial charge in [0.1, 0.15) is 0 Å². The number of nitrogens with zero attached hydrogens (tertiary/aromatic N) is 1. The van der Waals surface area contributed by atoms with E-state index in [-0.39, 0.29) is 5.78 Å². The molecule has 0 atom stereocenters. The molecule has 0 aliphatic carbocycles. The van der Waals surface area contributed by atoms with Gasteiger partial charge in [-0.2, -0.15) is 0 Å². The molecule has 4 heteroatoms. The van der Waals surface area contributed by atoms with E-state index in [1.165, 1.54) is 0 Å². The number of Topliss-reactive ketones (excluding diaryl/α,β-unsaturated/α-hetero) is 1. The van der Waals surface area contributed by atoms with Crippen molar-refractivity contribution in [1.82, 2.24) is 9.88 Å². The fourth-order valence-electron chi connectivity index (χ4n) is 2.90. The van der Waals surface area contributed by atoms with Crippen molar-refractivity contribution >= 4 is 17.4 Å².